The molecule has 0 spiro atoms. The summed E-state index contributed by atoms with van der Waals surface area (Å²) in [4.78, 5) is 11.9. The van der Waals surface area contributed by atoms with E-state index in [1.54, 1.807) is 37.3 Å². The molecule has 3 nitrogen and oxygen atoms in total. The summed E-state index contributed by atoms with van der Waals surface area (Å²) in [5.74, 6) is -0.496. The standard InChI is InChI=1S/C15H13Cl2FN2O/c1-9(11-7-6-10(16)8-12(11)17)19-15(21)20-14-5-3-2-4-13(14)18/h2-9H,1H3,(H2,19,20,21)/t9-/m0/s1. The molecule has 110 valence electrons. The zero-order valence-corrected chi connectivity index (χ0v) is 12.7. The average Bonchev–Trinajstić information content (AvgIpc) is 2.41. The molecule has 21 heavy (non-hydrogen) atoms. The molecular formula is C15H13Cl2FN2O. The van der Waals surface area contributed by atoms with E-state index in [9.17, 15) is 9.18 Å². The lowest BCUT2D eigenvalue weighted by molar-refractivity contribution is 0.249. The maximum Gasteiger partial charge on any atom is 0.319 e. The molecule has 2 aromatic carbocycles. The third-order valence-corrected chi connectivity index (χ3v) is 3.46. The molecule has 0 saturated heterocycles. The number of amides is 2. The van der Waals surface area contributed by atoms with Gasteiger partial charge in [-0.05, 0) is 36.8 Å². The minimum atomic E-state index is -0.515. The van der Waals surface area contributed by atoms with E-state index < -0.39 is 11.8 Å². The molecule has 0 radical (unpaired) electrons. The molecule has 0 aliphatic heterocycles. The number of nitrogens with one attached hydrogen (secondary N) is 2. The molecule has 2 rings (SSSR count). The Morgan fingerprint density at radius 3 is 2.57 bits per heavy atom. The normalized spacial score (nSPS) is 11.8. The Labute approximate surface area is 132 Å². The van der Waals surface area contributed by atoms with Crippen molar-refractivity contribution >= 4 is 34.9 Å². The van der Waals surface area contributed by atoms with Crippen molar-refractivity contribution in [3.8, 4) is 0 Å². The lowest BCUT2D eigenvalue weighted by Crippen LogP contribution is -2.31. The van der Waals surface area contributed by atoms with Gasteiger partial charge in [-0.3, -0.25) is 0 Å². The second-order valence-corrected chi connectivity index (χ2v) is 5.31. The van der Waals surface area contributed by atoms with Crippen LogP contribution in [-0.4, -0.2) is 6.03 Å². The van der Waals surface area contributed by atoms with Crippen LogP contribution in [0.5, 0.6) is 0 Å². The summed E-state index contributed by atoms with van der Waals surface area (Å²) in [7, 11) is 0. The van der Waals surface area contributed by atoms with Gasteiger partial charge in [-0.1, -0.05) is 41.4 Å². The number of benzene rings is 2. The van der Waals surface area contributed by atoms with Crippen LogP contribution in [0.1, 0.15) is 18.5 Å². The average molecular weight is 327 g/mol. The molecule has 0 aliphatic rings. The van der Waals surface area contributed by atoms with Crippen LogP contribution in [0.2, 0.25) is 10.0 Å². The van der Waals surface area contributed by atoms with Crippen LogP contribution >= 0.6 is 23.2 Å². The van der Waals surface area contributed by atoms with Crippen LogP contribution in [0.3, 0.4) is 0 Å². The smallest absolute Gasteiger partial charge is 0.319 e. The van der Waals surface area contributed by atoms with E-state index in [1.165, 1.54) is 12.1 Å². The van der Waals surface area contributed by atoms with Gasteiger partial charge in [-0.25, -0.2) is 9.18 Å². The largest absolute Gasteiger partial charge is 0.331 e. The molecule has 1 atom stereocenters. The molecule has 2 amide bonds. The van der Waals surface area contributed by atoms with Gasteiger partial charge in [0.1, 0.15) is 5.82 Å². The molecule has 0 bridgehead atoms. The number of hydrogen-bond donors (Lipinski definition) is 2. The summed E-state index contributed by atoms with van der Waals surface area (Å²) >= 11 is 11.9. The van der Waals surface area contributed by atoms with Gasteiger partial charge >= 0.3 is 6.03 Å². The first-order valence-corrected chi connectivity index (χ1v) is 7.00. The van der Waals surface area contributed by atoms with Crippen molar-refractivity contribution in [1.82, 2.24) is 5.32 Å². The number of urea groups is 1. The van der Waals surface area contributed by atoms with Gasteiger partial charge in [0.2, 0.25) is 0 Å². The van der Waals surface area contributed by atoms with Gasteiger partial charge < -0.3 is 10.6 Å². The molecular weight excluding hydrogens is 314 g/mol. The Kier molecular flexibility index (Phi) is 5.04. The zero-order chi connectivity index (χ0) is 15.4. The highest BCUT2D eigenvalue weighted by atomic mass is 35.5. The Balaban J connectivity index is 2.04. The van der Waals surface area contributed by atoms with Gasteiger partial charge in [0.05, 0.1) is 11.7 Å². The maximum absolute atomic E-state index is 13.4. The fraction of sp³-hybridized carbons (Fsp3) is 0.133. The maximum atomic E-state index is 13.4. The van der Waals surface area contributed by atoms with Crippen LogP contribution in [0.4, 0.5) is 14.9 Å². The summed E-state index contributed by atoms with van der Waals surface area (Å²) in [6.07, 6.45) is 0. The van der Waals surface area contributed by atoms with E-state index in [-0.39, 0.29) is 11.7 Å². The lowest BCUT2D eigenvalue weighted by Gasteiger charge is -2.16. The molecule has 0 saturated carbocycles. The highest BCUT2D eigenvalue weighted by Gasteiger charge is 2.13. The highest BCUT2D eigenvalue weighted by Crippen LogP contribution is 2.26. The van der Waals surface area contributed by atoms with Crippen LogP contribution in [0.25, 0.3) is 0 Å². The van der Waals surface area contributed by atoms with Crippen LogP contribution in [0.15, 0.2) is 42.5 Å². The molecule has 0 unspecified atom stereocenters. The van der Waals surface area contributed by atoms with E-state index in [0.29, 0.717) is 10.0 Å². The summed E-state index contributed by atoms with van der Waals surface area (Å²) in [5, 5.41) is 6.12. The fourth-order valence-electron chi connectivity index (χ4n) is 1.85. The first-order valence-electron chi connectivity index (χ1n) is 6.24. The Hall–Kier alpha value is -1.78. The van der Waals surface area contributed by atoms with Crippen molar-refractivity contribution in [2.45, 2.75) is 13.0 Å². The number of hydrogen-bond acceptors (Lipinski definition) is 1. The second-order valence-electron chi connectivity index (χ2n) is 4.47. The SMILES string of the molecule is C[C@H](NC(=O)Nc1ccccc1F)c1ccc(Cl)cc1Cl. The monoisotopic (exact) mass is 326 g/mol. The fourth-order valence-corrected chi connectivity index (χ4v) is 2.42. The zero-order valence-electron chi connectivity index (χ0n) is 11.2. The highest BCUT2D eigenvalue weighted by molar-refractivity contribution is 6.35. The van der Waals surface area contributed by atoms with Gasteiger partial charge in [-0.15, -0.1) is 0 Å². The Morgan fingerprint density at radius 2 is 1.90 bits per heavy atom. The topological polar surface area (TPSA) is 41.1 Å². The number of halogens is 3. The minimum Gasteiger partial charge on any atom is -0.331 e. The van der Waals surface area contributed by atoms with Crippen molar-refractivity contribution < 1.29 is 9.18 Å². The summed E-state index contributed by atoms with van der Waals surface area (Å²) in [6.45, 7) is 1.77. The van der Waals surface area contributed by atoms with E-state index in [2.05, 4.69) is 10.6 Å². The first kappa shape index (κ1) is 15.6. The predicted octanol–water partition coefficient (Wildman–Crippen LogP) is 5.02. The summed E-state index contributed by atoms with van der Waals surface area (Å²) < 4.78 is 13.4. The molecule has 2 aromatic rings. The number of anilines is 1. The number of carbonyl (C=O) groups excluding carboxylic acids is 1. The van der Waals surface area contributed by atoms with Crippen molar-refractivity contribution in [1.29, 1.82) is 0 Å². The van der Waals surface area contributed by atoms with Gasteiger partial charge in [0.25, 0.3) is 0 Å². The van der Waals surface area contributed by atoms with Crippen LogP contribution < -0.4 is 10.6 Å². The van der Waals surface area contributed by atoms with E-state index in [1.807, 2.05) is 0 Å². The van der Waals surface area contributed by atoms with E-state index in [0.717, 1.165) is 5.56 Å². The third kappa shape index (κ3) is 4.09. The second kappa shape index (κ2) is 6.78. The van der Waals surface area contributed by atoms with Crippen molar-refractivity contribution in [2.75, 3.05) is 5.32 Å². The van der Waals surface area contributed by atoms with E-state index >= 15 is 0 Å². The molecule has 0 fully saturated rings. The third-order valence-electron chi connectivity index (χ3n) is 2.90. The molecule has 6 heteroatoms. The number of para-hydroxylation sites is 1. The molecule has 0 aliphatic carbocycles. The first-order chi connectivity index (χ1) is 9.97. The Bertz CT molecular complexity index is 664. The number of carbonyl (C=O) groups is 1. The van der Waals surface area contributed by atoms with E-state index in [4.69, 9.17) is 23.2 Å². The number of rotatable bonds is 3. The quantitative estimate of drug-likeness (QED) is 0.817. The Morgan fingerprint density at radius 1 is 1.19 bits per heavy atom. The van der Waals surface area contributed by atoms with Gasteiger partial charge in [0.15, 0.2) is 0 Å². The van der Waals surface area contributed by atoms with Gasteiger partial charge in [-0.2, -0.15) is 0 Å². The summed E-state index contributed by atoms with van der Waals surface area (Å²) in [5.41, 5.74) is 0.842. The summed E-state index contributed by atoms with van der Waals surface area (Å²) in [6, 6.07) is 10.1. The van der Waals surface area contributed by atoms with Crippen molar-refractivity contribution in [2.24, 2.45) is 0 Å². The lowest BCUT2D eigenvalue weighted by atomic mass is 10.1. The minimum absolute atomic E-state index is 0.115. The van der Waals surface area contributed by atoms with Crippen LogP contribution in [0, 0.1) is 5.82 Å². The van der Waals surface area contributed by atoms with Gasteiger partial charge in [0, 0.05) is 10.0 Å². The van der Waals surface area contributed by atoms with Crippen molar-refractivity contribution in [3.05, 3.63) is 63.9 Å². The van der Waals surface area contributed by atoms with Crippen molar-refractivity contribution in [3.63, 3.8) is 0 Å². The predicted molar refractivity (Wildman–Crippen MR) is 83.4 cm³/mol. The molecule has 2 N–H and O–H groups in total. The molecule has 0 aromatic heterocycles. The molecule has 0 heterocycles. The van der Waals surface area contributed by atoms with Crippen LogP contribution in [-0.2, 0) is 0 Å².